The van der Waals surface area contributed by atoms with Gasteiger partial charge in [0.25, 0.3) is 0 Å². The molecule has 0 amide bonds. The monoisotopic (exact) mass is 351 g/mol. The van der Waals surface area contributed by atoms with Crippen LogP contribution in [0.15, 0.2) is 18.3 Å². The van der Waals surface area contributed by atoms with E-state index < -0.39 is 0 Å². The molecule has 0 aliphatic heterocycles. The van der Waals surface area contributed by atoms with E-state index in [4.69, 9.17) is 11.6 Å². The number of benzene rings is 1. The number of aryl methyl sites for hydroxylation is 2. The van der Waals surface area contributed by atoms with Crippen molar-refractivity contribution in [3.8, 4) is 0 Å². The fourth-order valence-corrected chi connectivity index (χ4v) is 3.74. The quantitative estimate of drug-likeness (QED) is 0.688. The van der Waals surface area contributed by atoms with Gasteiger partial charge in [-0.2, -0.15) is 0 Å². The molecule has 1 heterocycles. The summed E-state index contributed by atoms with van der Waals surface area (Å²) in [6, 6.07) is 4.21. The van der Waals surface area contributed by atoms with Gasteiger partial charge in [-0.15, -0.1) is 0 Å². The van der Waals surface area contributed by atoms with Gasteiger partial charge in [0, 0.05) is 41.9 Å². The largest absolute Gasteiger partial charge is 0.281 e. The van der Waals surface area contributed by atoms with Gasteiger partial charge in [0.15, 0.2) is 0 Å². The lowest BCUT2D eigenvalue weighted by molar-refractivity contribution is 1.13. The minimum Gasteiger partial charge on any atom is -0.281 e. The maximum absolute atomic E-state index is 6.28. The number of halogens is 2. The van der Waals surface area contributed by atoms with Gasteiger partial charge < -0.3 is 0 Å². The zero-order valence-electron chi connectivity index (χ0n) is 8.55. The molecule has 0 unspecified atom stereocenters. The standard InChI is InChI=1S/C11H11ClINS/c1-3-8-7(2)6-10(12)11-9(8)4-5-14(11)15-13/h4-6H,3H2,1-2H3. The predicted octanol–water partition coefficient (Wildman–Crippen LogP) is 5.01. The Hall–Kier alpha value is 0.130. The van der Waals surface area contributed by atoms with Crippen molar-refractivity contribution < 1.29 is 0 Å². The molecule has 4 heteroatoms. The molecule has 0 fully saturated rings. The van der Waals surface area contributed by atoms with Gasteiger partial charge in [0.05, 0.1) is 10.5 Å². The van der Waals surface area contributed by atoms with Crippen LogP contribution in [0.1, 0.15) is 18.1 Å². The van der Waals surface area contributed by atoms with E-state index in [9.17, 15) is 0 Å². The topological polar surface area (TPSA) is 4.93 Å². The van der Waals surface area contributed by atoms with Crippen molar-refractivity contribution >= 4 is 52.8 Å². The van der Waals surface area contributed by atoms with Crippen LogP contribution < -0.4 is 0 Å². The maximum Gasteiger partial charge on any atom is 0.0787 e. The average molecular weight is 352 g/mol. The molecule has 0 N–H and O–H groups in total. The molecular weight excluding hydrogens is 341 g/mol. The number of hydrogen-bond donors (Lipinski definition) is 0. The Morgan fingerprint density at radius 1 is 1.53 bits per heavy atom. The van der Waals surface area contributed by atoms with Crippen LogP contribution in [-0.4, -0.2) is 3.97 Å². The first-order valence-corrected chi connectivity index (χ1v) is 8.46. The van der Waals surface area contributed by atoms with Crippen molar-refractivity contribution in [1.82, 2.24) is 3.97 Å². The fraction of sp³-hybridized carbons (Fsp3) is 0.273. The van der Waals surface area contributed by atoms with E-state index in [0.29, 0.717) is 0 Å². The van der Waals surface area contributed by atoms with Gasteiger partial charge >= 0.3 is 0 Å². The lowest BCUT2D eigenvalue weighted by Crippen LogP contribution is -1.90. The van der Waals surface area contributed by atoms with Gasteiger partial charge in [-0.25, -0.2) is 0 Å². The smallest absolute Gasteiger partial charge is 0.0787 e. The molecular formula is C11H11ClINS. The van der Waals surface area contributed by atoms with Crippen molar-refractivity contribution in [2.75, 3.05) is 0 Å². The third-order valence-corrected chi connectivity index (χ3v) is 4.66. The van der Waals surface area contributed by atoms with Gasteiger partial charge in [0.1, 0.15) is 0 Å². The lowest BCUT2D eigenvalue weighted by Gasteiger charge is -2.08. The van der Waals surface area contributed by atoms with E-state index in [0.717, 1.165) is 17.0 Å². The van der Waals surface area contributed by atoms with Crippen molar-refractivity contribution in [1.29, 1.82) is 0 Å². The van der Waals surface area contributed by atoms with Crippen LogP contribution in [0.4, 0.5) is 0 Å². The van der Waals surface area contributed by atoms with E-state index in [1.54, 1.807) is 9.12 Å². The Morgan fingerprint density at radius 2 is 2.27 bits per heavy atom. The third kappa shape index (κ3) is 1.89. The fourth-order valence-electron chi connectivity index (χ4n) is 1.98. The summed E-state index contributed by atoms with van der Waals surface area (Å²) in [6.45, 7) is 4.31. The second-order valence-electron chi connectivity index (χ2n) is 3.48. The van der Waals surface area contributed by atoms with Gasteiger partial charge in [-0.3, -0.25) is 3.97 Å². The van der Waals surface area contributed by atoms with E-state index in [1.807, 2.05) is 0 Å². The zero-order chi connectivity index (χ0) is 11.0. The van der Waals surface area contributed by atoms with Crippen molar-refractivity contribution in [2.24, 2.45) is 0 Å². The first-order valence-electron chi connectivity index (χ1n) is 4.77. The van der Waals surface area contributed by atoms with E-state index in [1.165, 1.54) is 16.5 Å². The number of nitrogens with zero attached hydrogens (tertiary/aromatic N) is 1. The summed E-state index contributed by atoms with van der Waals surface area (Å²) < 4.78 is 2.11. The molecule has 0 atom stereocenters. The van der Waals surface area contributed by atoms with E-state index in [2.05, 4.69) is 57.4 Å². The molecule has 2 aromatic rings. The van der Waals surface area contributed by atoms with Crippen LogP contribution in [0.2, 0.25) is 5.02 Å². The summed E-state index contributed by atoms with van der Waals surface area (Å²) in [7, 11) is 1.65. The minimum absolute atomic E-state index is 0.842. The molecule has 1 nitrogen and oxygen atoms in total. The number of fused-ring (bicyclic) bond motifs is 1. The highest BCUT2D eigenvalue weighted by Gasteiger charge is 2.11. The average Bonchev–Trinajstić information content (AvgIpc) is 2.62. The predicted molar refractivity (Wildman–Crippen MR) is 78.1 cm³/mol. The molecule has 1 aromatic heterocycles. The summed E-state index contributed by atoms with van der Waals surface area (Å²) in [5.41, 5.74) is 3.82. The number of aromatic nitrogens is 1. The molecule has 0 aliphatic carbocycles. The molecule has 0 radical (unpaired) electrons. The molecule has 0 aliphatic rings. The van der Waals surface area contributed by atoms with Crippen molar-refractivity contribution in [3.63, 3.8) is 0 Å². The van der Waals surface area contributed by atoms with Crippen LogP contribution >= 0.6 is 41.9 Å². The SMILES string of the molecule is CCc1c(C)cc(Cl)c2c1ccn2SI. The Morgan fingerprint density at radius 3 is 2.87 bits per heavy atom. The Balaban J connectivity index is 2.86. The Labute approximate surface area is 111 Å². The van der Waals surface area contributed by atoms with Gasteiger partial charge in [-0.05, 0) is 36.6 Å². The van der Waals surface area contributed by atoms with Gasteiger partial charge in [-0.1, -0.05) is 18.5 Å². The highest BCUT2D eigenvalue weighted by atomic mass is 127. The Kier molecular flexibility index (Phi) is 3.52. The highest BCUT2D eigenvalue weighted by Crippen LogP contribution is 2.34. The maximum atomic E-state index is 6.28. The molecule has 2 rings (SSSR count). The second-order valence-corrected chi connectivity index (χ2v) is 5.60. The summed E-state index contributed by atoms with van der Waals surface area (Å²) in [5.74, 6) is 0. The molecule has 0 spiro atoms. The molecule has 0 saturated heterocycles. The van der Waals surface area contributed by atoms with Crippen LogP contribution in [0, 0.1) is 6.92 Å². The summed E-state index contributed by atoms with van der Waals surface area (Å²) in [5, 5.41) is 2.13. The minimum atomic E-state index is 0.842. The zero-order valence-corrected chi connectivity index (χ0v) is 12.3. The van der Waals surface area contributed by atoms with Crippen LogP contribution in [0.25, 0.3) is 10.9 Å². The summed E-state index contributed by atoms with van der Waals surface area (Å²) in [4.78, 5) is 0. The normalized spacial score (nSPS) is 11.2. The molecule has 0 saturated carbocycles. The summed E-state index contributed by atoms with van der Waals surface area (Å²) in [6.07, 6.45) is 3.13. The Bertz CT molecular complexity index is 507. The first-order chi connectivity index (χ1) is 7.19. The van der Waals surface area contributed by atoms with E-state index >= 15 is 0 Å². The second kappa shape index (κ2) is 4.55. The number of hydrogen-bond acceptors (Lipinski definition) is 1. The molecule has 15 heavy (non-hydrogen) atoms. The highest BCUT2D eigenvalue weighted by molar-refractivity contribution is 14.2. The van der Waals surface area contributed by atoms with Gasteiger partial charge in [0.2, 0.25) is 0 Å². The van der Waals surface area contributed by atoms with Crippen LogP contribution in [0.5, 0.6) is 0 Å². The molecule has 1 aromatic carbocycles. The first kappa shape index (κ1) is 11.6. The molecule has 0 bridgehead atoms. The number of rotatable bonds is 2. The lowest BCUT2D eigenvalue weighted by atomic mass is 10.0. The van der Waals surface area contributed by atoms with Crippen molar-refractivity contribution in [2.45, 2.75) is 20.3 Å². The van der Waals surface area contributed by atoms with Crippen molar-refractivity contribution in [3.05, 3.63) is 34.5 Å². The van der Waals surface area contributed by atoms with Crippen LogP contribution in [0.3, 0.4) is 0 Å². The van der Waals surface area contributed by atoms with Crippen LogP contribution in [-0.2, 0) is 6.42 Å². The van der Waals surface area contributed by atoms with E-state index in [-0.39, 0.29) is 0 Å². The third-order valence-electron chi connectivity index (χ3n) is 2.65. The summed E-state index contributed by atoms with van der Waals surface area (Å²) >= 11 is 8.55. The molecule has 80 valence electrons.